The number of carbonyl (C=O) groups excluding carboxylic acids is 1. The van der Waals surface area contributed by atoms with Crippen molar-refractivity contribution in [1.29, 1.82) is 10.5 Å². The summed E-state index contributed by atoms with van der Waals surface area (Å²) in [6, 6.07) is 4.05. The van der Waals surface area contributed by atoms with Crippen molar-refractivity contribution in [1.82, 2.24) is 0 Å². The minimum atomic E-state index is -1.13. The lowest BCUT2D eigenvalue weighted by molar-refractivity contribution is -0.144. The van der Waals surface area contributed by atoms with Gasteiger partial charge in [-0.05, 0) is 46.5 Å². The largest absolute Gasteiger partial charge is 0.466 e. The molecule has 27 heavy (non-hydrogen) atoms. The number of allylic oxidation sites excluding steroid dienone is 1. The minimum Gasteiger partial charge on any atom is -0.466 e. The van der Waals surface area contributed by atoms with Crippen LogP contribution < -0.4 is 0 Å². The summed E-state index contributed by atoms with van der Waals surface area (Å²) in [5.41, 5.74) is -2.11. The van der Waals surface area contributed by atoms with Gasteiger partial charge in [-0.15, -0.1) is 6.58 Å². The van der Waals surface area contributed by atoms with Crippen LogP contribution in [0.4, 0.5) is 0 Å². The van der Waals surface area contributed by atoms with E-state index in [2.05, 4.69) is 22.9 Å². The first-order valence-electron chi connectivity index (χ1n) is 9.81. The summed E-state index contributed by atoms with van der Waals surface area (Å²) < 4.78 is 5.22. The Morgan fingerprint density at radius 3 is 2.15 bits per heavy atom. The number of rotatable bonds is 15. The van der Waals surface area contributed by atoms with E-state index in [9.17, 15) is 10.1 Å². The second kappa shape index (κ2) is 13.9. The lowest BCUT2D eigenvalue weighted by Gasteiger charge is -2.16. The van der Waals surface area contributed by atoms with Gasteiger partial charge in [0.15, 0.2) is 11.1 Å². The maximum atomic E-state index is 11.8. The molecule has 6 heteroatoms. The molecule has 150 valence electrons. The molecular formula is C21H34N4O2. The number of ether oxygens (including phenoxy) is 1. The van der Waals surface area contributed by atoms with Crippen LogP contribution in [0.15, 0.2) is 22.9 Å². The van der Waals surface area contributed by atoms with Gasteiger partial charge in [0.05, 0.1) is 18.7 Å². The summed E-state index contributed by atoms with van der Waals surface area (Å²) in [5, 5.41) is 26.1. The summed E-state index contributed by atoms with van der Waals surface area (Å²) >= 11 is 0. The highest BCUT2D eigenvalue weighted by molar-refractivity contribution is 5.69. The van der Waals surface area contributed by atoms with Crippen molar-refractivity contribution in [2.24, 2.45) is 10.2 Å². The van der Waals surface area contributed by atoms with Gasteiger partial charge in [0.25, 0.3) is 0 Å². The molecule has 0 saturated carbocycles. The number of unbranched alkanes of at least 4 members (excludes halogenated alkanes) is 7. The number of carbonyl (C=O) groups is 1. The van der Waals surface area contributed by atoms with Crippen molar-refractivity contribution in [2.75, 3.05) is 6.61 Å². The molecule has 0 bridgehead atoms. The molecule has 0 spiro atoms. The zero-order chi connectivity index (χ0) is 20.6. The van der Waals surface area contributed by atoms with E-state index in [1.807, 2.05) is 12.1 Å². The Balaban J connectivity index is 3.91. The third-order valence-corrected chi connectivity index (χ3v) is 4.17. The summed E-state index contributed by atoms with van der Waals surface area (Å²) in [4.78, 5) is 11.8. The topological polar surface area (TPSA) is 98.6 Å². The predicted molar refractivity (Wildman–Crippen MR) is 106 cm³/mol. The van der Waals surface area contributed by atoms with Gasteiger partial charge in [0, 0.05) is 6.42 Å². The zero-order valence-electron chi connectivity index (χ0n) is 17.2. The highest BCUT2D eigenvalue weighted by Crippen LogP contribution is 2.20. The first-order valence-corrected chi connectivity index (χ1v) is 9.81. The number of nitrogens with zero attached hydrogens (tertiary/aromatic N) is 4. The highest BCUT2D eigenvalue weighted by Gasteiger charge is 2.26. The predicted octanol–water partition coefficient (Wildman–Crippen LogP) is 5.65. The quantitative estimate of drug-likeness (QED) is 0.160. The maximum Gasteiger partial charge on any atom is 0.305 e. The standard InChI is InChI=1S/C21H34N4O2/c1-5-6-7-8-9-10-11-12-13-16-27-19(26)14-15-21(4,18-23)25-24-20(2,3)17-22/h5H,1,6-16H2,2-4H3. The molecule has 0 aliphatic carbocycles. The molecule has 0 amide bonds. The lowest BCUT2D eigenvalue weighted by Crippen LogP contribution is -2.23. The molecule has 0 aromatic carbocycles. The molecule has 0 fully saturated rings. The Morgan fingerprint density at radius 2 is 1.59 bits per heavy atom. The van der Waals surface area contributed by atoms with Crippen LogP contribution in [-0.4, -0.2) is 23.7 Å². The van der Waals surface area contributed by atoms with Gasteiger partial charge in [-0.25, -0.2) is 0 Å². The van der Waals surface area contributed by atoms with Crippen LogP contribution in [0.5, 0.6) is 0 Å². The normalized spacial score (nSPS) is 13.5. The van der Waals surface area contributed by atoms with E-state index in [0.29, 0.717) is 6.61 Å². The third kappa shape index (κ3) is 13.6. The van der Waals surface area contributed by atoms with Gasteiger partial charge in [-0.1, -0.05) is 38.2 Å². The van der Waals surface area contributed by atoms with Crippen molar-refractivity contribution >= 4 is 5.97 Å². The van der Waals surface area contributed by atoms with Crippen LogP contribution in [0.25, 0.3) is 0 Å². The third-order valence-electron chi connectivity index (χ3n) is 4.17. The van der Waals surface area contributed by atoms with Crippen molar-refractivity contribution in [3.05, 3.63) is 12.7 Å². The molecule has 0 aliphatic rings. The van der Waals surface area contributed by atoms with Gasteiger partial charge < -0.3 is 4.74 Å². The SMILES string of the molecule is C=CCCCCCCCCCOC(=O)CCC(C)(C#N)N=NC(C)(C)C#N. The fourth-order valence-electron chi connectivity index (χ4n) is 2.26. The molecule has 6 nitrogen and oxygen atoms in total. The van der Waals surface area contributed by atoms with E-state index < -0.39 is 11.1 Å². The molecule has 0 rings (SSSR count). The molecule has 0 saturated heterocycles. The average molecular weight is 375 g/mol. The Labute approximate surface area is 164 Å². The summed E-state index contributed by atoms with van der Waals surface area (Å²) in [6.07, 6.45) is 11.4. The van der Waals surface area contributed by atoms with E-state index in [-0.39, 0.29) is 18.8 Å². The number of esters is 1. The molecule has 0 aliphatic heterocycles. The molecule has 1 atom stereocenters. The monoisotopic (exact) mass is 374 g/mol. The van der Waals surface area contributed by atoms with E-state index in [1.165, 1.54) is 25.7 Å². The second-order valence-corrected chi connectivity index (χ2v) is 7.53. The van der Waals surface area contributed by atoms with Crippen LogP contribution in [0.1, 0.15) is 85.0 Å². The van der Waals surface area contributed by atoms with Gasteiger partial charge in [0.1, 0.15) is 0 Å². The first kappa shape index (κ1) is 24.8. The Kier molecular flexibility index (Phi) is 12.8. The molecule has 1 unspecified atom stereocenters. The number of hydrogen-bond donors (Lipinski definition) is 0. The van der Waals surface area contributed by atoms with Gasteiger partial charge in [-0.2, -0.15) is 20.8 Å². The first-order chi connectivity index (χ1) is 12.8. The second-order valence-electron chi connectivity index (χ2n) is 7.53. The smallest absolute Gasteiger partial charge is 0.305 e. The molecular weight excluding hydrogens is 340 g/mol. The molecule has 0 heterocycles. The van der Waals surface area contributed by atoms with Crippen LogP contribution in [0.2, 0.25) is 0 Å². The van der Waals surface area contributed by atoms with E-state index in [1.54, 1.807) is 20.8 Å². The van der Waals surface area contributed by atoms with Gasteiger partial charge >= 0.3 is 5.97 Å². The van der Waals surface area contributed by atoms with Crippen LogP contribution in [0.3, 0.4) is 0 Å². The molecule has 0 radical (unpaired) electrons. The Morgan fingerprint density at radius 1 is 1.00 bits per heavy atom. The lowest BCUT2D eigenvalue weighted by atomic mass is 9.99. The fraction of sp³-hybridized carbons (Fsp3) is 0.762. The molecule has 0 aromatic heterocycles. The minimum absolute atomic E-state index is 0.110. The van der Waals surface area contributed by atoms with Crippen LogP contribution >= 0.6 is 0 Å². The Bertz CT molecular complexity index is 558. The number of azo groups is 1. The van der Waals surface area contributed by atoms with Gasteiger partial charge in [0.2, 0.25) is 0 Å². The number of hydrogen-bond acceptors (Lipinski definition) is 6. The summed E-state index contributed by atoms with van der Waals surface area (Å²) in [6.45, 7) is 8.97. The maximum absolute atomic E-state index is 11.8. The van der Waals surface area contributed by atoms with Crippen molar-refractivity contribution in [2.45, 2.75) is 96.1 Å². The van der Waals surface area contributed by atoms with Crippen molar-refractivity contribution in [3.63, 3.8) is 0 Å². The van der Waals surface area contributed by atoms with Crippen molar-refractivity contribution in [3.8, 4) is 12.1 Å². The Hall–Kier alpha value is -2.21. The molecule has 0 N–H and O–H groups in total. The van der Waals surface area contributed by atoms with E-state index in [4.69, 9.17) is 10.00 Å². The fourth-order valence-corrected chi connectivity index (χ4v) is 2.26. The molecule has 0 aromatic rings. The van der Waals surface area contributed by atoms with Gasteiger partial charge in [-0.3, -0.25) is 4.79 Å². The highest BCUT2D eigenvalue weighted by atomic mass is 16.5. The van der Waals surface area contributed by atoms with Crippen LogP contribution in [-0.2, 0) is 9.53 Å². The number of nitriles is 2. The summed E-state index contributed by atoms with van der Waals surface area (Å²) in [5.74, 6) is -0.323. The average Bonchev–Trinajstić information content (AvgIpc) is 2.66. The van der Waals surface area contributed by atoms with Crippen molar-refractivity contribution < 1.29 is 9.53 Å². The van der Waals surface area contributed by atoms with E-state index >= 15 is 0 Å². The van der Waals surface area contributed by atoms with E-state index in [0.717, 1.165) is 25.7 Å². The van der Waals surface area contributed by atoms with Crippen LogP contribution in [0, 0.1) is 22.7 Å². The summed E-state index contributed by atoms with van der Waals surface area (Å²) in [7, 11) is 0. The zero-order valence-corrected chi connectivity index (χ0v) is 17.2.